The fourth-order valence-corrected chi connectivity index (χ4v) is 6.61. The Morgan fingerprint density at radius 1 is 0.552 bits per heavy atom. The molecular formula is C28H53B. The van der Waals surface area contributed by atoms with Crippen molar-refractivity contribution in [3.05, 3.63) is 0 Å². The molecule has 0 nitrogen and oxygen atoms in total. The van der Waals surface area contributed by atoms with E-state index in [1.165, 1.54) is 141 Å². The molecule has 2 saturated carbocycles. The van der Waals surface area contributed by atoms with Crippen LogP contribution in [0.4, 0.5) is 0 Å². The second-order valence-corrected chi connectivity index (χ2v) is 11.3. The molecule has 0 aromatic carbocycles. The predicted octanol–water partition coefficient (Wildman–Crippen LogP) is 9.53. The van der Waals surface area contributed by atoms with E-state index in [2.05, 4.69) is 27.2 Å². The van der Waals surface area contributed by atoms with Crippen LogP contribution in [0.3, 0.4) is 0 Å². The molecule has 0 aromatic rings. The second-order valence-electron chi connectivity index (χ2n) is 11.3. The summed E-state index contributed by atoms with van der Waals surface area (Å²) in [6.45, 7) is 12.2. The molecule has 1 heteroatoms. The van der Waals surface area contributed by atoms with Crippen LogP contribution < -0.4 is 0 Å². The number of rotatable bonds is 2. The van der Waals surface area contributed by atoms with E-state index in [1.54, 1.807) is 0 Å². The first-order chi connectivity index (χ1) is 14.1. The minimum atomic E-state index is 0.386. The minimum absolute atomic E-state index is 0.386. The fraction of sp³-hybridized carbons (Fsp3) is 0.964. The topological polar surface area (TPSA) is 0 Å². The van der Waals surface area contributed by atoms with Gasteiger partial charge in [0.1, 0.15) is 0 Å². The van der Waals surface area contributed by atoms with Gasteiger partial charge < -0.3 is 0 Å². The zero-order chi connectivity index (χ0) is 20.8. The summed E-state index contributed by atoms with van der Waals surface area (Å²) in [5, 5.41) is 0.386. The molecular weight excluding hydrogens is 347 g/mol. The molecule has 29 heavy (non-hydrogen) atoms. The van der Waals surface area contributed by atoms with Crippen molar-refractivity contribution in [2.75, 3.05) is 0 Å². The van der Waals surface area contributed by atoms with Crippen LogP contribution in [0.1, 0.15) is 155 Å². The van der Waals surface area contributed by atoms with Crippen LogP contribution in [-0.2, 0) is 0 Å². The van der Waals surface area contributed by atoms with E-state index in [0.29, 0.717) is 10.7 Å². The van der Waals surface area contributed by atoms with Crippen molar-refractivity contribution in [1.82, 2.24) is 0 Å². The van der Waals surface area contributed by atoms with Crippen LogP contribution in [0.15, 0.2) is 0 Å². The SMILES string of the molecule is C=BC1(C2(C)CCCCCCC(C)CCCC2)CCCCCCCCCCCC1. The van der Waals surface area contributed by atoms with Gasteiger partial charge in [-0.15, -0.1) is 0 Å². The quantitative estimate of drug-likeness (QED) is 0.405. The molecule has 0 radical (unpaired) electrons. The van der Waals surface area contributed by atoms with Crippen LogP contribution in [0.25, 0.3) is 0 Å². The molecule has 0 aromatic heterocycles. The molecule has 2 aliphatic rings. The Morgan fingerprint density at radius 2 is 0.897 bits per heavy atom. The Balaban J connectivity index is 2.12. The molecule has 168 valence electrons. The van der Waals surface area contributed by atoms with Crippen molar-refractivity contribution < 1.29 is 0 Å². The molecule has 2 atom stereocenters. The Hall–Kier alpha value is -0.0651. The normalized spacial score (nSPS) is 32.3. The van der Waals surface area contributed by atoms with E-state index < -0.39 is 0 Å². The van der Waals surface area contributed by atoms with Crippen molar-refractivity contribution >= 4 is 13.4 Å². The third-order valence-electron chi connectivity index (χ3n) is 8.94. The van der Waals surface area contributed by atoms with Gasteiger partial charge in [-0.25, -0.2) is 0 Å². The molecule has 2 unspecified atom stereocenters. The monoisotopic (exact) mass is 400 g/mol. The number of hydrogen-bond donors (Lipinski definition) is 0. The van der Waals surface area contributed by atoms with Crippen LogP contribution in [0, 0.1) is 11.3 Å². The van der Waals surface area contributed by atoms with E-state index in [-0.39, 0.29) is 0 Å². The van der Waals surface area contributed by atoms with Crippen LogP contribution in [0.2, 0.25) is 5.31 Å². The Morgan fingerprint density at radius 3 is 1.38 bits per heavy atom. The number of hydrogen-bond acceptors (Lipinski definition) is 0. The predicted molar refractivity (Wildman–Crippen MR) is 134 cm³/mol. The summed E-state index contributed by atoms with van der Waals surface area (Å²) in [4.78, 5) is 0. The average molecular weight is 401 g/mol. The van der Waals surface area contributed by atoms with E-state index in [4.69, 9.17) is 0 Å². The van der Waals surface area contributed by atoms with Crippen LogP contribution >= 0.6 is 0 Å². The van der Waals surface area contributed by atoms with Crippen molar-refractivity contribution in [3.8, 4) is 0 Å². The molecule has 0 N–H and O–H groups in total. The molecule has 0 amide bonds. The first kappa shape index (κ1) is 25.2. The van der Waals surface area contributed by atoms with Gasteiger partial charge in [0.2, 0.25) is 0 Å². The molecule has 2 aliphatic carbocycles. The third kappa shape index (κ3) is 8.53. The van der Waals surface area contributed by atoms with Gasteiger partial charge in [0.25, 0.3) is 0 Å². The van der Waals surface area contributed by atoms with Crippen molar-refractivity contribution in [2.24, 2.45) is 11.3 Å². The summed E-state index contributed by atoms with van der Waals surface area (Å²) in [5.74, 6) is 0.944. The van der Waals surface area contributed by atoms with E-state index >= 15 is 0 Å². The van der Waals surface area contributed by atoms with Gasteiger partial charge in [0, 0.05) is 0 Å². The summed E-state index contributed by atoms with van der Waals surface area (Å²) in [7, 11) is 0. The summed E-state index contributed by atoms with van der Waals surface area (Å²) in [6.07, 6.45) is 31.9. The summed E-state index contributed by atoms with van der Waals surface area (Å²) < 4.78 is 0. The molecule has 0 saturated heterocycles. The molecule has 0 aliphatic heterocycles. The standard InChI is InChI=1S/C28H53B/c1-26-20-14-10-13-16-22-27(2,23-19-15-21-26)28(29-3)24-17-11-8-6-4-5-7-9-12-18-25-28/h26H,3-25H2,1-2H3. The van der Waals surface area contributed by atoms with Crippen molar-refractivity contribution in [2.45, 2.75) is 160 Å². The maximum atomic E-state index is 4.51. The Kier molecular flexibility index (Phi) is 12.2. The zero-order valence-electron chi connectivity index (χ0n) is 20.4. The average Bonchev–Trinajstić information content (AvgIpc) is 2.74. The summed E-state index contributed by atoms with van der Waals surface area (Å²) in [5.41, 5.74) is 0.470. The zero-order valence-corrected chi connectivity index (χ0v) is 20.4. The molecule has 0 bridgehead atoms. The van der Waals surface area contributed by atoms with Crippen LogP contribution in [-0.4, -0.2) is 13.4 Å². The first-order valence-corrected chi connectivity index (χ1v) is 13.8. The van der Waals surface area contributed by atoms with Gasteiger partial charge in [-0.3, -0.25) is 0 Å². The molecule has 2 rings (SSSR count). The van der Waals surface area contributed by atoms with Crippen molar-refractivity contribution in [1.29, 1.82) is 0 Å². The second kappa shape index (κ2) is 14.1. The molecule has 2 fully saturated rings. The van der Waals surface area contributed by atoms with Gasteiger partial charge in [0.15, 0.2) is 0 Å². The fourth-order valence-electron chi connectivity index (χ4n) is 6.61. The summed E-state index contributed by atoms with van der Waals surface area (Å²) >= 11 is 0. The van der Waals surface area contributed by atoms with Gasteiger partial charge in [-0.05, 0) is 0 Å². The third-order valence-corrected chi connectivity index (χ3v) is 8.94. The van der Waals surface area contributed by atoms with E-state index in [1.807, 2.05) is 0 Å². The molecule has 0 heterocycles. The van der Waals surface area contributed by atoms with Crippen molar-refractivity contribution in [3.63, 3.8) is 0 Å². The van der Waals surface area contributed by atoms with Gasteiger partial charge >= 0.3 is 185 Å². The van der Waals surface area contributed by atoms with Gasteiger partial charge in [-0.2, -0.15) is 0 Å². The van der Waals surface area contributed by atoms with Gasteiger partial charge in [0.05, 0.1) is 0 Å². The van der Waals surface area contributed by atoms with E-state index in [0.717, 1.165) is 5.92 Å². The Labute approximate surface area is 185 Å². The van der Waals surface area contributed by atoms with Gasteiger partial charge in [-0.1, -0.05) is 0 Å². The molecule has 0 spiro atoms. The Bertz CT molecular complexity index is 414. The van der Waals surface area contributed by atoms with E-state index in [9.17, 15) is 0 Å². The summed E-state index contributed by atoms with van der Waals surface area (Å²) in [6, 6.07) is 0. The van der Waals surface area contributed by atoms with Crippen LogP contribution in [0.5, 0.6) is 0 Å². The first-order valence-electron chi connectivity index (χ1n) is 13.8. The maximum absolute atomic E-state index is 4.51.